The molecule has 2 heterocycles. The Morgan fingerprint density at radius 2 is 1.55 bits per heavy atom. The van der Waals surface area contributed by atoms with Gasteiger partial charge in [0, 0.05) is 26.2 Å². The Kier molecular flexibility index (Phi) is 4.96. The van der Waals surface area contributed by atoms with Crippen LogP contribution in [0.15, 0.2) is 70.6 Å². The zero-order chi connectivity index (χ0) is 20.6. The molecule has 2 aromatic rings. The molecule has 1 N–H and O–H groups in total. The van der Waals surface area contributed by atoms with Crippen LogP contribution in [0.25, 0.3) is 0 Å². The van der Waals surface area contributed by atoms with Gasteiger partial charge in [0.25, 0.3) is 5.91 Å². The SMILES string of the molecule is N#Cc1ccccc1S(=O)(=O)N1CC2=C(CN(C(=O)[C@H](O)c3ccccc3)C2)C1. The summed E-state index contributed by atoms with van der Waals surface area (Å²) in [5.74, 6) is -0.394. The molecule has 0 bridgehead atoms. The first kappa shape index (κ1) is 19.3. The van der Waals surface area contributed by atoms with E-state index in [1.165, 1.54) is 16.4 Å². The highest BCUT2D eigenvalue weighted by Gasteiger charge is 2.39. The van der Waals surface area contributed by atoms with Crippen LogP contribution in [0.1, 0.15) is 17.2 Å². The van der Waals surface area contributed by atoms with Gasteiger partial charge in [-0.1, -0.05) is 42.5 Å². The van der Waals surface area contributed by atoms with Crippen LogP contribution in [0.4, 0.5) is 0 Å². The van der Waals surface area contributed by atoms with Gasteiger partial charge in [0.05, 0.1) is 10.5 Å². The van der Waals surface area contributed by atoms with Gasteiger partial charge in [0.1, 0.15) is 6.07 Å². The summed E-state index contributed by atoms with van der Waals surface area (Å²) in [6, 6.07) is 16.8. The highest BCUT2D eigenvalue weighted by atomic mass is 32.2. The molecule has 2 aliphatic rings. The number of aliphatic hydroxyl groups excluding tert-OH is 1. The Hall–Kier alpha value is -2.99. The van der Waals surface area contributed by atoms with Crippen LogP contribution in [0.3, 0.4) is 0 Å². The number of nitriles is 1. The van der Waals surface area contributed by atoms with Crippen LogP contribution >= 0.6 is 0 Å². The quantitative estimate of drug-likeness (QED) is 0.770. The monoisotopic (exact) mass is 409 g/mol. The zero-order valence-corrected chi connectivity index (χ0v) is 16.3. The zero-order valence-electron chi connectivity index (χ0n) is 15.5. The predicted molar refractivity (Wildman–Crippen MR) is 105 cm³/mol. The van der Waals surface area contributed by atoms with Gasteiger partial charge in [-0.2, -0.15) is 9.57 Å². The number of benzene rings is 2. The van der Waals surface area contributed by atoms with Crippen molar-refractivity contribution >= 4 is 15.9 Å². The van der Waals surface area contributed by atoms with Crippen molar-refractivity contribution in [2.75, 3.05) is 26.2 Å². The van der Waals surface area contributed by atoms with E-state index in [-0.39, 0.29) is 23.5 Å². The average Bonchev–Trinajstić information content (AvgIpc) is 3.33. The number of carbonyl (C=O) groups is 1. The summed E-state index contributed by atoms with van der Waals surface area (Å²) in [5, 5.41) is 19.6. The summed E-state index contributed by atoms with van der Waals surface area (Å²) in [6.07, 6.45) is -1.24. The smallest absolute Gasteiger partial charge is 0.256 e. The number of hydrogen-bond donors (Lipinski definition) is 1. The highest BCUT2D eigenvalue weighted by molar-refractivity contribution is 7.89. The molecule has 0 saturated carbocycles. The van der Waals surface area contributed by atoms with Crippen molar-refractivity contribution in [1.29, 1.82) is 5.26 Å². The minimum absolute atomic E-state index is 0.00361. The standard InChI is InChI=1S/C21H19N3O4S/c22-10-16-8-4-5-9-19(16)29(27,28)24-13-17-11-23(12-18(17)14-24)21(26)20(25)15-6-2-1-3-7-15/h1-9,20,25H,11-14H2/t20-/m1/s1. The Morgan fingerprint density at radius 1 is 0.966 bits per heavy atom. The Balaban J connectivity index is 1.46. The maximum atomic E-state index is 13.0. The number of hydrogen-bond acceptors (Lipinski definition) is 5. The second kappa shape index (κ2) is 7.44. The molecule has 7 nitrogen and oxygen atoms in total. The molecule has 8 heteroatoms. The third-order valence-electron chi connectivity index (χ3n) is 5.28. The van der Waals surface area contributed by atoms with E-state index >= 15 is 0 Å². The van der Waals surface area contributed by atoms with Crippen LogP contribution in [-0.2, 0) is 14.8 Å². The first-order chi connectivity index (χ1) is 13.9. The molecule has 2 aromatic carbocycles. The molecule has 0 radical (unpaired) electrons. The summed E-state index contributed by atoms with van der Waals surface area (Å²) in [4.78, 5) is 14.2. The van der Waals surface area contributed by atoms with E-state index < -0.39 is 22.0 Å². The molecule has 0 saturated heterocycles. The molecule has 0 unspecified atom stereocenters. The lowest BCUT2D eigenvalue weighted by molar-refractivity contribution is -0.139. The maximum Gasteiger partial charge on any atom is 0.256 e. The van der Waals surface area contributed by atoms with Crippen molar-refractivity contribution in [3.63, 3.8) is 0 Å². The number of amides is 1. The van der Waals surface area contributed by atoms with Gasteiger partial charge in [-0.05, 0) is 28.8 Å². The summed E-state index contributed by atoms with van der Waals surface area (Å²) in [5.41, 5.74) is 2.39. The van der Waals surface area contributed by atoms with Crippen LogP contribution in [-0.4, -0.2) is 54.8 Å². The highest BCUT2D eigenvalue weighted by Crippen LogP contribution is 2.32. The second-order valence-electron chi connectivity index (χ2n) is 7.10. The van der Waals surface area contributed by atoms with Gasteiger partial charge >= 0.3 is 0 Å². The molecule has 1 atom stereocenters. The van der Waals surface area contributed by atoms with E-state index in [0.717, 1.165) is 11.1 Å². The van der Waals surface area contributed by atoms with Crippen molar-refractivity contribution in [2.45, 2.75) is 11.0 Å². The van der Waals surface area contributed by atoms with Gasteiger partial charge in [0.2, 0.25) is 10.0 Å². The molecule has 29 heavy (non-hydrogen) atoms. The number of nitrogens with zero attached hydrogens (tertiary/aromatic N) is 3. The third-order valence-corrected chi connectivity index (χ3v) is 7.13. The lowest BCUT2D eigenvalue weighted by Crippen LogP contribution is -2.38. The molecular formula is C21H19N3O4S. The maximum absolute atomic E-state index is 13.0. The van der Waals surface area contributed by atoms with Gasteiger partial charge in [-0.3, -0.25) is 4.79 Å². The molecule has 0 spiro atoms. The fourth-order valence-corrected chi connectivity index (χ4v) is 5.32. The van der Waals surface area contributed by atoms with E-state index in [2.05, 4.69) is 0 Å². The van der Waals surface area contributed by atoms with E-state index in [9.17, 15) is 23.6 Å². The lowest BCUT2D eigenvalue weighted by Gasteiger charge is -2.24. The molecule has 0 fully saturated rings. The van der Waals surface area contributed by atoms with Crippen LogP contribution in [0.2, 0.25) is 0 Å². The van der Waals surface area contributed by atoms with Crippen LogP contribution < -0.4 is 0 Å². The second-order valence-corrected chi connectivity index (χ2v) is 9.00. The Labute approximate surface area is 169 Å². The summed E-state index contributed by atoms with van der Waals surface area (Å²) < 4.78 is 27.3. The van der Waals surface area contributed by atoms with Crippen molar-refractivity contribution in [3.05, 3.63) is 76.9 Å². The lowest BCUT2D eigenvalue weighted by atomic mass is 10.1. The van der Waals surface area contributed by atoms with Crippen LogP contribution in [0.5, 0.6) is 0 Å². The molecule has 1 amide bonds. The largest absolute Gasteiger partial charge is 0.378 e. The minimum atomic E-state index is -3.80. The van der Waals surface area contributed by atoms with Gasteiger partial charge in [-0.15, -0.1) is 0 Å². The summed E-state index contributed by atoms with van der Waals surface area (Å²) >= 11 is 0. The summed E-state index contributed by atoms with van der Waals surface area (Å²) in [6.45, 7) is 0.958. The first-order valence-corrected chi connectivity index (χ1v) is 10.6. The van der Waals surface area contributed by atoms with Gasteiger partial charge in [0.15, 0.2) is 6.10 Å². The number of aliphatic hydroxyl groups is 1. The van der Waals surface area contributed by atoms with Crippen LogP contribution in [0, 0.1) is 11.3 Å². The number of carbonyl (C=O) groups excluding carboxylic acids is 1. The number of sulfonamides is 1. The van der Waals surface area contributed by atoms with Gasteiger partial charge < -0.3 is 10.0 Å². The van der Waals surface area contributed by atoms with E-state index in [1.54, 1.807) is 41.3 Å². The normalized spacial score (nSPS) is 17.9. The average molecular weight is 409 g/mol. The predicted octanol–water partition coefficient (Wildman–Crippen LogP) is 1.43. The fourth-order valence-electron chi connectivity index (χ4n) is 3.75. The van der Waals surface area contributed by atoms with Crippen molar-refractivity contribution in [2.24, 2.45) is 0 Å². The minimum Gasteiger partial charge on any atom is -0.378 e. The van der Waals surface area contributed by atoms with E-state index in [1.807, 2.05) is 12.1 Å². The van der Waals surface area contributed by atoms with Crippen molar-refractivity contribution in [3.8, 4) is 6.07 Å². The topological polar surface area (TPSA) is 102 Å². The molecule has 4 rings (SSSR count). The fraction of sp³-hybridized carbons (Fsp3) is 0.238. The third kappa shape index (κ3) is 3.44. The van der Waals surface area contributed by atoms with Crippen molar-refractivity contribution in [1.82, 2.24) is 9.21 Å². The molecule has 0 aliphatic carbocycles. The van der Waals surface area contributed by atoms with Crippen molar-refractivity contribution < 1.29 is 18.3 Å². The Morgan fingerprint density at radius 3 is 2.17 bits per heavy atom. The Bertz CT molecular complexity index is 1120. The first-order valence-electron chi connectivity index (χ1n) is 9.12. The number of rotatable bonds is 4. The molecular weight excluding hydrogens is 390 g/mol. The van der Waals surface area contributed by atoms with E-state index in [0.29, 0.717) is 18.7 Å². The summed E-state index contributed by atoms with van der Waals surface area (Å²) in [7, 11) is -3.80. The van der Waals surface area contributed by atoms with Gasteiger partial charge in [-0.25, -0.2) is 8.42 Å². The van der Waals surface area contributed by atoms with E-state index in [4.69, 9.17) is 0 Å². The molecule has 2 aliphatic heterocycles. The molecule has 0 aromatic heterocycles. The molecule has 148 valence electrons.